The maximum Gasteiger partial charge on any atom is 0.222 e. The zero-order chi connectivity index (χ0) is 18.2. The Morgan fingerprint density at radius 2 is 1.96 bits per heavy atom. The molecule has 1 aliphatic carbocycles. The van der Waals surface area contributed by atoms with Gasteiger partial charge in [0, 0.05) is 43.1 Å². The fourth-order valence-electron chi connectivity index (χ4n) is 3.43. The molecule has 0 aromatic carbocycles. The summed E-state index contributed by atoms with van der Waals surface area (Å²) in [5.41, 5.74) is 7.71. The molecular formula is C19H31N5O. The molecule has 2 rings (SSSR count). The van der Waals surface area contributed by atoms with E-state index in [4.69, 9.17) is 11.1 Å². The second-order valence-corrected chi connectivity index (χ2v) is 6.65. The SMILES string of the molecule is CCN(CC)C(=O)CCC(=N)c1c(N)ccnc1NC1CCCCC1. The molecule has 1 aliphatic rings. The molecule has 6 heteroatoms. The predicted octanol–water partition coefficient (Wildman–Crippen LogP) is 3.42. The van der Waals surface area contributed by atoms with E-state index >= 15 is 0 Å². The van der Waals surface area contributed by atoms with Gasteiger partial charge in [-0.3, -0.25) is 4.79 Å². The van der Waals surface area contributed by atoms with Crippen LogP contribution in [0.5, 0.6) is 0 Å². The molecule has 0 aliphatic heterocycles. The first-order valence-corrected chi connectivity index (χ1v) is 9.43. The molecule has 0 spiro atoms. The first-order chi connectivity index (χ1) is 12.1. The Labute approximate surface area is 150 Å². The highest BCUT2D eigenvalue weighted by molar-refractivity contribution is 6.07. The summed E-state index contributed by atoms with van der Waals surface area (Å²) < 4.78 is 0. The summed E-state index contributed by atoms with van der Waals surface area (Å²) in [5.74, 6) is 0.770. The lowest BCUT2D eigenvalue weighted by molar-refractivity contribution is -0.130. The molecule has 1 aromatic rings. The minimum Gasteiger partial charge on any atom is -0.398 e. The van der Waals surface area contributed by atoms with Gasteiger partial charge in [0.25, 0.3) is 0 Å². The van der Waals surface area contributed by atoms with Gasteiger partial charge in [0.05, 0.1) is 5.56 Å². The van der Waals surface area contributed by atoms with E-state index in [0.29, 0.717) is 54.8 Å². The molecule has 1 saturated carbocycles. The van der Waals surface area contributed by atoms with Gasteiger partial charge in [0.1, 0.15) is 5.82 Å². The van der Waals surface area contributed by atoms with Crippen molar-refractivity contribution in [1.29, 1.82) is 5.41 Å². The minimum absolute atomic E-state index is 0.0824. The number of nitrogens with two attached hydrogens (primary N) is 1. The molecular weight excluding hydrogens is 314 g/mol. The molecule has 1 fully saturated rings. The number of nitrogens with one attached hydrogen (secondary N) is 2. The smallest absolute Gasteiger partial charge is 0.222 e. The summed E-state index contributed by atoms with van der Waals surface area (Å²) in [4.78, 5) is 18.4. The van der Waals surface area contributed by atoms with Crippen LogP contribution in [0, 0.1) is 5.41 Å². The minimum atomic E-state index is 0.0824. The zero-order valence-corrected chi connectivity index (χ0v) is 15.5. The van der Waals surface area contributed by atoms with Crippen molar-refractivity contribution in [3.8, 4) is 0 Å². The summed E-state index contributed by atoms with van der Waals surface area (Å²) in [6, 6.07) is 2.12. The van der Waals surface area contributed by atoms with Crippen LogP contribution in [0.3, 0.4) is 0 Å². The number of carbonyl (C=O) groups is 1. The summed E-state index contributed by atoms with van der Waals surface area (Å²) >= 11 is 0. The quantitative estimate of drug-likeness (QED) is 0.629. The third-order valence-corrected chi connectivity index (χ3v) is 4.94. The second-order valence-electron chi connectivity index (χ2n) is 6.65. The molecule has 0 unspecified atom stereocenters. The Morgan fingerprint density at radius 3 is 2.60 bits per heavy atom. The van der Waals surface area contributed by atoms with E-state index in [0.717, 1.165) is 12.8 Å². The monoisotopic (exact) mass is 345 g/mol. The number of carbonyl (C=O) groups excluding carboxylic acids is 1. The van der Waals surface area contributed by atoms with Crippen molar-refractivity contribution in [3.63, 3.8) is 0 Å². The van der Waals surface area contributed by atoms with Gasteiger partial charge in [-0.1, -0.05) is 19.3 Å². The van der Waals surface area contributed by atoms with E-state index < -0.39 is 0 Å². The van der Waals surface area contributed by atoms with E-state index in [2.05, 4.69) is 10.3 Å². The first-order valence-electron chi connectivity index (χ1n) is 9.43. The second kappa shape index (κ2) is 9.39. The number of amides is 1. The van der Waals surface area contributed by atoms with Crippen LogP contribution in [0.4, 0.5) is 11.5 Å². The Hall–Kier alpha value is -2.11. The van der Waals surface area contributed by atoms with E-state index in [1.54, 1.807) is 17.2 Å². The molecule has 0 saturated heterocycles. The molecule has 4 N–H and O–H groups in total. The molecule has 0 atom stereocenters. The average molecular weight is 345 g/mol. The lowest BCUT2D eigenvalue weighted by Crippen LogP contribution is -2.30. The highest BCUT2D eigenvalue weighted by atomic mass is 16.2. The van der Waals surface area contributed by atoms with Gasteiger partial charge in [-0.25, -0.2) is 4.98 Å². The number of hydrogen-bond acceptors (Lipinski definition) is 5. The lowest BCUT2D eigenvalue weighted by Gasteiger charge is -2.25. The normalized spacial score (nSPS) is 15.0. The number of rotatable bonds is 8. The van der Waals surface area contributed by atoms with Crippen molar-refractivity contribution in [3.05, 3.63) is 17.8 Å². The predicted molar refractivity (Wildman–Crippen MR) is 103 cm³/mol. The molecule has 0 bridgehead atoms. The van der Waals surface area contributed by atoms with Crippen molar-refractivity contribution < 1.29 is 4.79 Å². The average Bonchev–Trinajstić information content (AvgIpc) is 2.62. The van der Waals surface area contributed by atoms with Crippen molar-refractivity contribution in [2.75, 3.05) is 24.1 Å². The van der Waals surface area contributed by atoms with Gasteiger partial charge in [0.2, 0.25) is 5.91 Å². The van der Waals surface area contributed by atoms with Crippen LogP contribution >= 0.6 is 0 Å². The maximum atomic E-state index is 12.2. The highest BCUT2D eigenvalue weighted by Gasteiger charge is 2.19. The maximum absolute atomic E-state index is 12.2. The number of anilines is 2. The van der Waals surface area contributed by atoms with E-state index in [-0.39, 0.29) is 5.91 Å². The molecule has 0 radical (unpaired) electrons. The summed E-state index contributed by atoms with van der Waals surface area (Å²) in [7, 11) is 0. The summed E-state index contributed by atoms with van der Waals surface area (Å²) in [6.45, 7) is 5.34. The van der Waals surface area contributed by atoms with Gasteiger partial charge in [-0.15, -0.1) is 0 Å². The van der Waals surface area contributed by atoms with E-state index in [1.165, 1.54) is 19.3 Å². The van der Waals surface area contributed by atoms with Crippen LogP contribution in [0.25, 0.3) is 0 Å². The van der Waals surface area contributed by atoms with Crippen LogP contribution in [0.2, 0.25) is 0 Å². The van der Waals surface area contributed by atoms with Crippen molar-refractivity contribution >= 4 is 23.1 Å². The lowest BCUT2D eigenvalue weighted by atomic mass is 9.95. The number of nitrogen functional groups attached to an aromatic ring is 1. The van der Waals surface area contributed by atoms with Crippen LogP contribution in [-0.4, -0.2) is 40.6 Å². The van der Waals surface area contributed by atoms with Crippen LogP contribution in [-0.2, 0) is 4.79 Å². The molecule has 1 aromatic heterocycles. The fraction of sp³-hybridized carbons (Fsp3) is 0.632. The van der Waals surface area contributed by atoms with Crippen LogP contribution in [0.1, 0.15) is 64.4 Å². The van der Waals surface area contributed by atoms with Gasteiger partial charge in [0.15, 0.2) is 0 Å². The molecule has 1 amide bonds. The molecule has 1 heterocycles. The van der Waals surface area contributed by atoms with Crippen LogP contribution < -0.4 is 11.1 Å². The van der Waals surface area contributed by atoms with E-state index in [1.807, 2.05) is 13.8 Å². The van der Waals surface area contributed by atoms with Crippen molar-refractivity contribution in [2.45, 2.75) is 64.8 Å². The Kier molecular flexibility index (Phi) is 7.22. The first kappa shape index (κ1) is 19.2. The van der Waals surface area contributed by atoms with Gasteiger partial charge < -0.3 is 21.4 Å². The molecule has 6 nitrogen and oxygen atoms in total. The number of nitrogens with zero attached hydrogens (tertiary/aromatic N) is 2. The zero-order valence-electron chi connectivity index (χ0n) is 15.5. The Morgan fingerprint density at radius 1 is 1.28 bits per heavy atom. The standard InChI is InChI=1S/C19H31N5O/c1-3-24(4-2)17(25)11-10-15(20)18-16(21)12-13-22-19(18)23-14-8-6-5-7-9-14/h12-14,20H,3-11H2,1-2H3,(H3,21,22,23). The Balaban J connectivity index is 2.06. The van der Waals surface area contributed by atoms with Crippen molar-refractivity contribution in [1.82, 2.24) is 9.88 Å². The van der Waals surface area contributed by atoms with Crippen LogP contribution in [0.15, 0.2) is 12.3 Å². The van der Waals surface area contributed by atoms with Gasteiger partial charge in [-0.05, 0) is 39.2 Å². The third-order valence-electron chi connectivity index (χ3n) is 4.94. The van der Waals surface area contributed by atoms with Gasteiger partial charge >= 0.3 is 0 Å². The van der Waals surface area contributed by atoms with E-state index in [9.17, 15) is 4.79 Å². The van der Waals surface area contributed by atoms with Gasteiger partial charge in [-0.2, -0.15) is 0 Å². The largest absolute Gasteiger partial charge is 0.398 e. The Bertz CT molecular complexity index is 591. The summed E-state index contributed by atoms with van der Waals surface area (Å²) in [5, 5.41) is 11.9. The molecule has 25 heavy (non-hydrogen) atoms. The third kappa shape index (κ3) is 5.18. The summed E-state index contributed by atoms with van der Waals surface area (Å²) in [6.07, 6.45) is 8.39. The highest BCUT2D eigenvalue weighted by Crippen LogP contribution is 2.26. The van der Waals surface area contributed by atoms with Crippen molar-refractivity contribution in [2.24, 2.45) is 0 Å². The number of pyridine rings is 1. The number of aromatic nitrogens is 1. The molecule has 138 valence electrons. The number of hydrogen-bond donors (Lipinski definition) is 3. The fourth-order valence-corrected chi connectivity index (χ4v) is 3.43. The topological polar surface area (TPSA) is 95.1 Å².